The summed E-state index contributed by atoms with van der Waals surface area (Å²) >= 11 is 0. The summed E-state index contributed by atoms with van der Waals surface area (Å²) in [6.45, 7) is 0. The second kappa shape index (κ2) is 4.88. The topological polar surface area (TPSA) is 114 Å². The van der Waals surface area contributed by atoms with Gasteiger partial charge in [-0.15, -0.1) is 20.4 Å². The number of tetrazole rings is 1. The first kappa shape index (κ1) is 12.0. The molecule has 0 aliphatic carbocycles. The van der Waals surface area contributed by atoms with E-state index in [1.54, 1.807) is 23.0 Å². The average molecular weight is 270 g/mol. The fraction of sp³-hybridized carbons (Fsp3) is 0.0909. The SMILES string of the molecule is Cn1cnnc1-c1cccc(NC(=O)c2nn[nH]n2)c1. The van der Waals surface area contributed by atoms with Crippen molar-refractivity contribution in [3.05, 3.63) is 36.4 Å². The van der Waals surface area contributed by atoms with Crippen molar-refractivity contribution < 1.29 is 4.79 Å². The third-order valence-corrected chi connectivity index (χ3v) is 2.64. The van der Waals surface area contributed by atoms with Gasteiger partial charge in [-0.05, 0) is 17.3 Å². The number of amides is 1. The molecule has 0 saturated carbocycles. The Morgan fingerprint density at radius 3 is 2.95 bits per heavy atom. The van der Waals surface area contributed by atoms with E-state index in [2.05, 4.69) is 36.1 Å². The van der Waals surface area contributed by atoms with Crippen molar-refractivity contribution in [2.75, 3.05) is 5.32 Å². The van der Waals surface area contributed by atoms with Crippen LogP contribution in [0.15, 0.2) is 30.6 Å². The molecule has 0 aliphatic rings. The van der Waals surface area contributed by atoms with Crippen molar-refractivity contribution in [1.82, 2.24) is 35.4 Å². The molecule has 2 heterocycles. The summed E-state index contributed by atoms with van der Waals surface area (Å²) in [5, 5.41) is 23.3. The van der Waals surface area contributed by atoms with Crippen molar-refractivity contribution in [2.45, 2.75) is 0 Å². The van der Waals surface area contributed by atoms with Crippen LogP contribution in [0.5, 0.6) is 0 Å². The highest BCUT2D eigenvalue weighted by molar-refractivity contribution is 6.01. The molecule has 20 heavy (non-hydrogen) atoms. The number of rotatable bonds is 3. The molecule has 9 heteroatoms. The Morgan fingerprint density at radius 2 is 2.25 bits per heavy atom. The highest BCUT2D eigenvalue weighted by atomic mass is 16.2. The number of carbonyl (C=O) groups is 1. The van der Waals surface area contributed by atoms with Crippen LogP contribution in [0.1, 0.15) is 10.6 Å². The molecule has 0 fully saturated rings. The van der Waals surface area contributed by atoms with Crippen LogP contribution in [-0.4, -0.2) is 41.3 Å². The standard InChI is InChI=1S/C11H10N8O/c1-19-6-12-16-10(19)7-3-2-4-8(5-7)13-11(20)9-14-17-18-15-9/h2-6H,1H3,(H,13,20)(H,14,15,17,18). The smallest absolute Gasteiger partial charge is 0.297 e. The lowest BCUT2D eigenvalue weighted by molar-refractivity contribution is 0.101. The molecule has 0 saturated heterocycles. The quantitative estimate of drug-likeness (QED) is 0.705. The Kier molecular flexibility index (Phi) is 2.92. The molecule has 0 spiro atoms. The molecule has 0 radical (unpaired) electrons. The fourth-order valence-corrected chi connectivity index (χ4v) is 1.73. The highest BCUT2D eigenvalue weighted by Gasteiger charge is 2.12. The van der Waals surface area contributed by atoms with Gasteiger partial charge in [-0.1, -0.05) is 12.1 Å². The molecule has 3 rings (SSSR count). The summed E-state index contributed by atoms with van der Waals surface area (Å²) in [6, 6.07) is 7.25. The Hall–Kier alpha value is -3.10. The third kappa shape index (κ3) is 2.23. The van der Waals surface area contributed by atoms with Crippen molar-refractivity contribution in [3.8, 4) is 11.4 Å². The van der Waals surface area contributed by atoms with Gasteiger partial charge in [-0.3, -0.25) is 4.79 Å². The molecular weight excluding hydrogens is 260 g/mol. The minimum absolute atomic E-state index is 0.0194. The normalized spacial score (nSPS) is 10.4. The van der Waals surface area contributed by atoms with Crippen molar-refractivity contribution in [3.63, 3.8) is 0 Å². The molecule has 2 aromatic heterocycles. The van der Waals surface area contributed by atoms with Crippen molar-refractivity contribution in [1.29, 1.82) is 0 Å². The Balaban J connectivity index is 1.85. The van der Waals surface area contributed by atoms with Crippen LogP contribution in [0.25, 0.3) is 11.4 Å². The second-order valence-corrected chi connectivity index (χ2v) is 4.04. The molecule has 0 unspecified atom stereocenters. The first-order valence-corrected chi connectivity index (χ1v) is 5.73. The minimum atomic E-state index is -0.436. The van der Waals surface area contributed by atoms with Gasteiger partial charge in [-0.25, -0.2) is 0 Å². The summed E-state index contributed by atoms with van der Waals surface area (Å²) in [6.07, 6.45) is 1.61. The van der Waals surface area contributed by atoms with Gasteiger partial charge in [0.05, 0.1) is 0 Å². The maximum Gasteiger partial charge on any atom is 0.297 e. The number of hydrogen-bond acceptors (Lipinski definition) is 6. The fourth-order valence-electron chi connectivity index (χ4n) is 1.73. The first-order chi connectivity index (χ1) is 9.74. The third-order valence-electron chi connectivity index (χ3n) is 2.64. The lowest BCUT2D eigenvalue weighted by atomic mass is 10.2. The van der Waals surface area contributed by atoms with E-state index in [9.17, 15) is 4.79 Å². The monoisotopic (exact) mass is 270 g/mol. The van der Waals surface area contributed by atoms with Crippen LogP contribution in [0.4, 0.5) is 5.69 Å². The summed E-state index contributed by atoms with van der Waals surface area (Å²) in [5.41, 5.74) is 1.45. The van der Waals surface area contributed by atoms with Gasteiger partial charge in [0.25, 0.3) is 11.7 Å². The van der Waals surface area contributed by atoms with E-state index < -0.39 is 5.91 Å². The summed E-state index contributed by atoms with van der Waals surface area (Å²) in [7, 11) is 1.85. The summed E-state index contributed by atoms with van der Waals surface area (Å²) in [5.74, 6) is 0.253. The van der Waals surface area contributed by atoms with E-state index in [1.807, 2.05) is 19.2 Å². The number of nitrogens with zero attached hydrogens (tertiary/aromatic N) is 6. The number of carbonyl (C=O) groups excluding carboxylic acids is 1. The molecule has 9 nitrogen and oxygen atoms in total. The van der Waals surface area contributed by atoms with Crippen LogP contribution in [-0.2, 0) is 7.05 Å². The lowest BCUT2D eigenvalue weighted by Crippen LogP contribution is -2.13. The van der Waals surface area contributed by atoms with Crippen molar-refractivity contribution in [2.24, 2.45) is 7.05 Å². The van der Waals surface area contributed by atoms with E-state index in [-0.39, 0.29) is 5.82 Å². The van der Waals surface area contributed by atoms with Gasteiger partial charge in [0.2, 0.25) is 0 Å². The van der Waals surface area contributed by atoms with Gasteiger partial charge in [0, 0.05) is 18.3 Å². The van der Waals surface area contributed by atoms with E-state index in [0.29, 0.717) is 11.5 Å². The minimum Gasteiger partial charge on any atom is -0.319 e. The predicted molar refractivity (Wildman–Crippen MR) is 68.6 cm³/mol. The second-order valence-electron chi connectivity index (χ2n) is 4.04. The maximum absolute atomic E-state index is 11.8. The Morgan fingerprint density at radius 1 is 1.35 bits per heavy atom. The molecular formula is C11H10N8O. The number of aryl methyl sites for hydroxylation is 1. The van der Waals surface area contributed by atoms with Crippen LogP contribution < -0.4 is 5.32 Å². The van der Waals surface area contributed by atoms with Gasteiger partial charge >= 0.3 is 0 Å². The zero-order valence-electron chi connectivity index (χ0n) is 10.5. The number of aromatic amines is 1. The molecule has 0 atom stereocenters. The summed E-state index contributed by atoms with van der Waals surface area (Å²) < 4.78 is 1.79. The number of hydrogen-bond donors (Lipinski definition) is 2. The van der Waals surface area contributed by atoms with E-state index in [1.165, 1.54) is 0 Å². The zero-order valence-corrected chi connectivity index (χ0v) is 10.5. The molecule has 1 amide bonds. The zero-order chi connectivity index (χ0) is 13.9. The number of aromatic nitrogens is 7. The van der Waals surface area contributed by atoms with Crippen molar-refractivity contribution >= 4 is 11.6 Å². The predicted octanol–water partition coefficient (Wildman–Crippen LogP) is 0.247. The molecule has 100 valence electrons. The van der Waals surface area contributed by atoms with Gasteiger partial charge < -0.3 is 9.88 Å². The largest absolute Gasteiger partial charge is 0.319 e. The number of nitrogens with one attached hydrogen (secondary N) is 2. The van der Waals surface area contributed by atoms with Gasteiger partial charge in [-0.2, -0.15) is 5.21 Å². The summed E-state index contributed by atoms with van der Waals surface area (Å²) in [4.78, 5) is 11.8. The molecule has 0 aliphatic heterocycles. The number of H-pyrrole nitrogens is 1. The Labute approximate surface area is 113 Å². The molecule has 3 aromatic rings. The van der Waals surface area contributed by atoms with Gasteiger partial charge in [0.15, 0.2) is 5.82 Å². The average Bonchev–Trinajstić information content (AvgIpc) is 3.10. The van der Waals surface area contributed by atoms with Crippen LogP contribution >= 0.6 is 0 Å². The van der Waals surface area contributed by atoms with E-state index >= 15 is 0 Å². The molecule has 1 aromatic carbocycles. The number of benzene rings is 1. The van der Waals surface area contributed by atoms with Crippen LogP contribution in [0.2, 0.25) is 0 Å². The molecule has 0 bridgehead atoms. The molecule has 2 N–H and O–H groups in total. The Bertz CT molecular complexity index is 732. The first-order valence-electron chi connectivity index (χ1n) is 5.73. The van der Waals surface area contributed by atoms with Crippen LogP contribution in [0, 0.1) is 0 Å². The lowest BCUT2D eigenvalue weighted by Gasteiger charge is -2.05. The highest BCUT2D eigenvalue weighted by Crippen LogP contribution is 2.20. The van der Waals surface area contributed by atoms with Gasteiger partial charge in [0.1, 0.15) is 6.33 Å². The number of anilines is 1. The maximum atomic E-state index is 11.8. The van der Waals surface area contributed by atoms with E-state index in [0.717, 1.165) is 5.56 Å². The van der Waals surface area contributed by atoms with Crippen LogP contribution in [0.3, 0.4) is 0 Å². The van der Waals surface area contributed by atoms with E-state index in [4.69, 9.17) is 0 Å².